The van der Waals surface area contributed by atoms with Gasteiger partial charge in [0.05, 0.1) is 13.7 Å². The lowest BCUT2D eigenvalue weighted by atomic mass is 9.91. The van der Waals surface area contributed by atoms with E-state index in [0.717, 1.165) is 12.5 Å². The minimum Gasteiger partial charge on any atom is -0.494 e. The van der Waals surface area contributed by atoms with Crippen LogP contribution in [0.5, 0.6) is 5.75 Å². The van der Waals surface area contributed by atoms with Crippen LogP contribution in [0.1, 0.15) is 42.5 Å². The van der Waals surface area contributed by atoms with Gasteiger partial charge >= 0.3 is 0 Å². The van der Waals surface area contributed by atoms with Crippen LogP contribution in [0.4, 0.5) is 4.39 Å². The molecular weight excluding hydrogens is 269 g/mol. The van der Waals surface area contributed by atoms with Crippen LogP contribution in [0.15, 0.2) is 18.2 Å². The van der Waals surface area contributed by atoms with Crippen molar-refractivity contribution in [3.8, 4) is 5.75 Å². The highest BCUT2D eigenvalue weighted by atomic mass is 19.1. The fraction of sp³-hybridized carbons (Fsp3) is 0.588. The van der Waals surface area contributed by atoms with Crippen molar-refractivity contribution in [2.24, 2.45) is 5.92 Å². The summed E-state index contributed by atoms with van der Waals surface area (Å²) in [5.41, 5.74) is 0.438. The van der Waals surface area contributed by atoms with E-state index in [-0.39, 0.29) is 11.5 Å². The van der Waals surface area contributed by atoms with Crippen molar-refractivity contribution in [2.75, 3.05) is 20.2 Å². The van der Waals surface area contributed by atoms with Crippen LogP contribution < -0.4 is 4.74 Å². The Morgan fingerprint density at radius 2 is 2.14 bits per heavy atom. The predicted octanol–water partition coefficient (Wildman–Crippen LogP) is 3.28. The van der Waals surface area contributed by atoms with Gasteiger partial charge in [-0.15, -0.1) is 0 Å². The minimum atomic E-state index is -0.472. The van der Waals surface area contributed by atoms with Crippen LogP contribution in [0.2, 0.25) is 0 Å². The van der Waals surface area contributed by atoms with Crippen LogP contribution in [0.3, 0.4) is 0 Å². The Bertz CT molecular complexity index is 532. The summed E-state index contributed by atoms with van der Waals surface area (Å²) in [4.78, 5) is 14.7. The smallest absolute Gasteiger partial charge is 0.176 e. The average molecular weight is 291 g/mol. The second-order valence-corrected chi connectivity index (χ2v) is 6.14. The molecule has 0 bridgehead atoms. The number of piperidine rings is 1. The molecule has 1 heterocycles. The number of benzene rings is 1. The van der Waals surface area contributed by atoms with E-state index in [0.29, 0.717) is 18.2 Å². The zero-order valence-electron chi connectivity index (χ0n) is 12.5. The molecule has 1 aliphatic carbocycles. The second kappa shape index (κ2) is 6.14. The first kappa shape index (κ1) is 14.5. The third kappa shape index (κ3) is 2.95. The van der Waals surface area contributed by atoms with Crippen LogP contribution in [-0.2, 0) is 0 Å². The van der Waals surface area contributed by atoms with E-state index in [1.165, 1.54) is 51.3 Å². The van der Waals surface area contributed by atoms with E-state index in [2.05, 4.69) is 4.90 Å². The first-order valence-electron chi connectivity index (χ1n) is 7.80. The Morgan fingerprint density at radius 1 is 1.33 bits per heavy atom. The number of ether oxygens (including phenoxy) is 1. The fourth-order valence-electron chi connectivity index (χ4n) is 3.87. The van der Waals surface area contributed by atoms with Gasteiger partial charge in [0, 0.05) is 11.6 Å². The van der Waals surface area contributed by atoms with E-state index in [1.54, 1.807) is 6.07 Å². The van der Waals surface area contributed by atoms with Gasteiger partial charge in [-0.05, 0) is 56.3 Å². The van der Waals surface area contributed by atoms with Crippen molar-refractivity contribution in [2.45, 2.75) is 38.1 Å². The van der Waals surface area contributed by atoms with E-state index in [1.807, 2.05) is 0 Å². The topological polar surface area (TPSA) is 29.5 Å². The summed E-state index contributed by atoms with van der Waals surface area (Å²) in [6.07, 6.45) is 6.25. The summed E-state index contributed by atoms with van der Waals surface area (Å²) >= 11 is 0. The van der Waals surface area contributed by atoms with Gasteiger partial charge in [0.25, 0.3) is 0 Å². The number of likely N-dealkylation sites (tertiary alicyclic amines) is 1. The quantitative estimate of drug-likeness (QED) is 0.797. The number of hydrogen-bond donors (Lipinski definition) is 0. The summed E-state index contributed by atoms with van der Waals surface area (Å²) in [6, 6.07) is 5.03. The van der Waals surface area contributed by atoms with Gasteiger partial charge in [-0.3, -0.25) is 9.69 Å². The molecule has 1 aromatic rings. The lowest BCUT2D eigenvalue weighted by Gasteiger charge is -2.37. The minimum absolute atomic E-state index is 0.00380. The Morgan fingerprint density at radius 3 is 2.90 bits per heavy atom. The Balaban J connectivity index is 1.69. The highest BCUT2D eigenvalue weighted by Crippen LogP contribution is 2.36. The third-order valence-electron chi connectivity index (χ3n) is 4.93. The predicted molar refractivity (Wildman–Crippen MR) is 79.2 cm³/mol. The van der Waals surface area contributed by atoms with E-state index in [9.17, 15) is 9.18 Å². The summed E-state index contributed by atoms with van der Waals surface area (Å²) in [5.74, 6) is 0.476. The van der Waals surface area contributed by atoms with Crippen molar-refractivity contribution >= 4 is 5.78 Å². The van der Waals surface area contributed by atoms with Gasteiger partial charge in [0.15, 0.2) is 17.3 Å². The van der Waals surface area contributed by atoms with Gasteiger partial charge in [0.2, 0.25) is 0 Å². The normalized spacial score (nSPS) is 25.6. The Kier molecular flexibility index (Phi) is 4.24. The molecule has 1 saturated heterocycles. The molecule has 0 N–H and O–H groups in total. The van der Waals surface area contributed by atoms with Crippen molar-refractivity contribution in [1.82, 2.24) is 4.90 Å². The molecule has 0 aromatic heterocycles. The lowest BCUT2D eigenvalue weighted by Crippen LogP contribution is -2.45. The van der Waals surface area contributed by atoms with Crippen molar-refractivity contribution in [1.29, 1.82) is 0 Å². The molecule has 0 radical (unpaired) electrons. The average Bonchev–Trinajstić information content (AvgIpc) is 2.96. The first-order chi connectivity index (χ1) is 10.2. The Hall–Kier alpha value is -1.42. The SMILES string of the molecule is COc1ccc(C(=O)CN2CCCC3CCCC32)cc1F. The van der Waals surface area contributed by atoms with E-state index in [4.69, 9.17) is 4.74 Å². The maximum atomic E-state index is 13.7. The maximum absolute atomic E-state index is 13.7. The van der Waals surface area contributed by atoms with E-state index >= 15 is 0 Å². The number of rotatable bonds is 4. The molecule has 114 valence electrons. The van der Waals surface area contributed by atoms with Gasteiger partial charge in [-0.1, -0.05) is 6.42 Å². The zero-order chi connectivity index (χ0) is 14.8. The standard InChI is InChI=1S/C17H22FNO2/c1-21-17-8-7-13(10-14(17)18)16(20)11-19-9-3-5-12-4-2-6-15(12)19/h7-8,10,12,15H,2-6,9,11H2,1H3. The maximum Gasteiger partial charge on any atom is 0.176 e. The molecule has 2 fully saturated rings. The molecule has 2 unspecified atom stereocenters. The molecule has 1 aliphatic heterocycles. The fourth-order valence-corrected chi connectivity index (χ4v) is 3.87. The third-order valence-corrected chi connectivity index (χ3v) is 4.93. The number of halogens is 1. The monoisotopic (exact) mass is 291 g/mol. The molecule has 4 heteroatoms. The van der Waals surface area contributed by atoms with Gasteiger partial charge in [-0.25, -0.2) is 4.39 Å². The number of carbonyl (C=O) groups excluding carboxylic acids is 1. The van der Waals surface area contributed by atoms with Crippen molar-refractivity contribution in [3.63, 3.8) is 0 Å². The summed E-state index contributed by atoms with van der Waals surface area (Å²) < 4.78 is 18.6. The Labute approximate surface area is 125 Å². The molecular formula is C17H22FNO2. The zero-order valence-corrected chi connectivity index (χ0v) is 12.5. The van der Waals surface area contributed by atoms with Crippen molar-refractivity contribution in [3.05, 3.63) is 29.6 Å². The molecule has 21 heavy (non-hydrogen) atoms. The van der Waals surface area contributed by atoms with Crippen LogP contribution in [0.25, 0.3) is 0 Å². The van der Waals surface area contributed by atoms with Gasteiger partial charge in [0.1, 0.15) is 0 Å². The largest absolute Gasteiger partial charge is 0.494 e. The number of ketones is 1. The lowest BCUT2D eigenvalue weighted by molar-refractivity contribution is 0.0776. The molecule has 3 nitrogen and oxygen atoms in total. The number of nitrogens with zero attached hydrogens (tertiary/aromatic N) is 1. The van der Waals surface area contributed by atoms with Gasteiger partial charge in [-0.2, -0.15) is 0 Å². The highest BCUT2D eigenvalue weighted by Gasteiger charge is 2.35. The van der Waals surface area contributed by atoms with Crippen LogP contribution in [-0.4, -0.2) is 36.9 Å². The molecule has 2 atom stereocenters. The van der Waals surface area contributed by atoms with E-state index < -0.39 is 5.82 Å². The highest BCUT2D eigenvalue weighted by molar-refractivity contribution is 5.97. The van der Waals surface area contributed by atoms with Crippen LogP contribution >= 0.6 is 0 Å². The molecule has 0 spiro atoms. The summed E-state index contributed by atoms with van der Waals surface area (Å²) in [6.45, 7) is 1.40. The molecule has 3 rings (SSSR count). The molecule has 1 saturated carbocycles. The van der Waals surface area contributed by atoms with Crippen molar-refractivity contribution < 1.29 is 13.9 Å². The molecule has 2 aliphatic rings. The van der Waals surface area contributed by atoms with Crippen LogP contribution in [0, 0.1) is 11.7 Å². The number of Topliss-reactive ketones (excluding diaryl/α,β-unsaturated/α-hetero) is 1. The summed E-state index contributed by atoms with van der Waals surface area (Å²) in [5, 5.41) is 0. The second-order valence-electron chi connectivity index (χ2n) is 6.14. The number of methoxy groups -OCH3 is 1. The summed E-state index contributed by atoms with van der Waals surface area (Å²) in [7, 11) is 1.42. The molecule has 0 amide bonds. The molecule has 1 aromatic carbocycles. The number of carbonyl (C=O) groups is 1. The first-order valence-corrected chi connectivity index (χ1v) is 7.80. The number of fused-ring (bicyclic) bond motifs is 1. The number of hydrogen-bond acceptors (Lipinski definition) is 3. The van der Waals surface area contributed by atoms with Gasteiger partial charge < -0.3 is 4.74 Å².